The first-order valence-corrected chi connectivity index (χ1v) is 4.67. The Morgan fingerprint density at radius 3 is 2.80 bits per heavy atom. The quantitative estimate of drug-likeness (QED) is 0.701. The number of fused-ring (bicyclic) bond motifs is 1. The van der Waals surface area contributed by atoms with Crippen LogP contribution in [0, 0.1) is 6.92 Å². The first-order chi connectivity index (χ1) is 7.13. The second-order valence-corrected chi connectivity index (χ2v) is 3.42. The highest BCUT2D eigenvalue weighted by Gasteiger charge is 2.13. The van der Waals surface area contributed by atoms with Crippen molar-refractivity contribution >= 4 is 11.3 Å². The molecule has 2 aromatic heterocycles. The van der Waals surface area contributed by atoms with E-state index >= 15 is 0 Å². The smallest absolute Gasteiger partial charge is 0.163 e. The van der Waals surface area contributed by atoms with Gasteiger partial charge in [-0.25, -0.2) is 4.52 Å². The van der Waals surface area contributed by atoms with Crippen LogP contribution in [0.25, 0.3) is 5.52 Å². The first kappa shape index (κ1) is 9.71. The minimum Gasteiger partial charge on any atom is -0.495 e. The Labute approximate surface area is 87.5 Å². The lowest BCUT2D eigenvalue weighted by atomic mass is 10.1. The number of nitrogens with zero attached hydrogens (tertiary/aromatic N) is 2. The fourth-order valence-corrected chi connectivity index (χ4v) is 1.70. The second-order valence-electron chi connectivity index (χ2n) is 3.42. The van der Waals surface area contributed by atoms with Crippen LogP contribution in [-0.4, -0.2) is 22.5 Å². The third-order valence-corrected chi connectivity index (χ3v) is 2.37. The van der Waals surface area contributed by atoms with E-state index in [0.29, 0.717) is 5.56 Å². The number of hydrogen-bond acceptors (Lipinski definition) is 3. The Morgan fingerprint density at radius 1 is 1.47 bits per heavy atom. The maximum Gasteiger partial charge on any atom is 0.163 e. The predicted molar refractivity (Wildman–Crippen MR) is 56.5 cm³/mol. The topological polar surface area (TPSA) is 43.6 Å². The summed E-state index contributed by atoms with van der Waals surface area (Å²) in [4.78, 5) is 11.4. The molecule has 4 heteroatoms. The zero-order valence-corrected chi connectivity index (χ0v) is 8.94. The van der Waals surface area contributed by atoms with Gasteiger partial charge in [0.25, 0.3) is 0 Å². The van der Waals surface area contributed by atoms with E-state index in [2.05, 4.69) is 5.10 Å². The lowest BCUT2D eigenvalue weighted by Gasteiger charge is -1.99. The van der Waals surface area contributed by atoms with Crippen molar-refractivity contribution in [2.45, 2.75) is 13.8 Å². The molecule has 4 nitrogen and oxygen atoms in total. The van der Waals surface area contributed by atoms with Crippen molar-refractivity contribution in [3.05, 3.63) is 29.6 Å². The van der Waals surface area contributed by atoms with Crippen LogP contribution in [0.2, 0.25) is 0 Å². The highest BCUT2D eigenvalue weighted by atomic mass is 16.5. The van der Waals surface area contributed by atoms with E-state index in [-0.39, 0.29) is 5.78 Å². The summed E-state index contributed by atoms with van der Waals surface area (Å²) < 4.78 is 6.76. The fraction of sp³-hybridized carbons (Fsp3) is 0.273. The molecular formula is C11H12N2O2. The van der Waals surface area contributed by atoms with Crippen molar-refractivity contribution in [3.8, 4) is 5.75 Å². The minimum absolute atomic E-state index is 0.0349. The molecule has 0 N–H and O–H groups in total. The van der Waals surface area contributed by atoms with Gasteiger partial charge in [-0.15, -0.1) is 0 Å². The summed E-state index contributed by atoms with van der Waals surface area (Å²) in [5, 5.41) is 4.26. The largest absolute Gasteiger partial charge is 0.495 e. The van der Waals surface area contributed by atoms with Crippen LogP contribution < -0.4 is 4.74 Å². The number of Topliss-reactive ketones (excluding diaryl/α,β-unsaturated/α-hetero) is 1. The van der Waals surface area contributed by atoms with Gasteiger partial charge in [-0.2, -0.15) is 5.10 Å². The molecule has 0 amide bonds. The van der Waals surface area contributed by atoms with E-state index in [0.717, 1.165) is 17.0 Å². The molecule has 0 unspecified atom stereocenters. The molecular weight excluding hydrogens is 192 g/mol. The third kappa shape index (κ3) is 1.48. The van der Waals surface area contributed by atoms with Gasteiger partial charge in [0.05, 0.1) is 30.1 Å². The molecule has 0 aliphatic rings. The van der Waals surface area contributed by atoms with Crippen molar-refractivity contribution in [2.75, 3.05) is 7.11 Å². The summed E-state index contributed by atoms with van der Waals surface area (Å²) in [5.74, 6) is 0.757. The third-order valence-electron chi connectivity index (χ3n) is 2.37. The van der Waals surface area contributed by atoms with Gasteiger partial charge in [0.2, 0.25) is 0 Å². The van der Waals surface area contributed by atoms with Gasteiger partial charge in [-0.3, -0.25) is 4.79 Å². The van der Waals surface area contributed by atoms with Gasteiger partial charge in [0, 0.05) is 0 Å². The van der Waals surface area contributed by atoms with Crippen LogP contribution in [0.15, 0.2) is 18.3 Å². The van der Waals surface area contributed by atoms with E-state index in [1.165, 1.54) is 0 Å². The van der Waals surface area contributed by atoms with Crippen LogP contribution in [0.3, 0.4) is 0 Å². The van der Waals surface area contributed by atoms with Crippen molar-refractivity contribution in [2.24, 2.45) is 0 Å². The average molecular weight is 204 g/mol. The average Bonchev–Trinajstić information content (AvgIpc) is 2.52. The molecule has 0 aliphatic heterocycles. The lowest BCUT2D eigenvalue weighted by molar-refractivity contribution is 0.101. The summed E-state index contributed by atoms with van der Waals surface area (Å²) in [5.41, 5.74) is 2.24. The molecule has 0 bridgehead atoms. The zero-order valence-electron chi connectivity index (χ0n) is 8.94. The Hall–Kier alpha value is -1.84. The number of methoxy groups -OCH3 is 1. The maximum absolute atomic E-state index is 11.4. The summed E-state index contributed by atoms with van der Waals surface area (Å²) in [6, 6.07) is 3.67. The number of carbonyl (C=O) groups is 1. The normalized spacial score (nSPS) is 10.6. The van der Waals surface area contributed by atoms with Crippen LogP contribution in [0.4, 0.5) is 0 Å². The SMILES string of the molecule is COc1ccc2c(C(C)=O)c(C)nn2c1. The molecule has 2 heterocycles. The van der Waals surface area contributed by atoms with Crippen molar-refractivity contribution in [3.63, 3.8) is 0 Å². The maximum atomic E-state index is 11.4. The predicted octanol–water partition coefficient (Wildman–Crippen LogP) is 1.85. The molecule has 0 spiro atoms. The summed E-state index contributed by atoms with van der Waals surface area (Å²) >= 11 is 0. The number of ether oxygens (including phenoxy) is 1. The fourth-order valence-electron chi connectivity index (χ4n) is 1.70. The number of carbonyl (C=O) groups excluding carboxylic acids is 1. The molecule has 0 aromatic carbocycles. The highest BCUT2D eigenvalue weighted by molar-refractivity contribution is 6.01. The van der Waals surface area contributed by atoms with Gasteiger partial charge in [0.15, 0.2) is 5.78 Å². The van der Waals surface area contributed by atoms with Crippen LogP contribution in [0.1, 0.15) is 23.0 Å². The molecule has 0 fully saturated rings. The minimum atomic E-state index is 0.0349. The zero-order chi connectivity index (χ0) is 11.0. The van der Waals surface area contributed by atoms with Gasteiger partial charge >= 0.3 is 0 Å². The number of hydrogen-bond donors (Lipinski definition) is 0. The van der Waals surface area contributed by atoms with E-state index in [9.17, 15) is 4.79 Å². The molecule has 0 aliphatic carbocycles. The number of pyridine rings is 1. The second kappa shape index (κ2) is 3.38. The van der Waals surface area contributed by atoms with Gasteiger partial charge in [-0.05, 0) is 26.0 Å². The number of aromatic nitrogens is 2. The van der Waals surface area contributed by atoms with Crippen LogP contribution in [0.5, 0.6) is 5.75 Å². The van der Waals surface area contributed by atoms with E-state index in [1.54, 1.807) is 24.7 Å². The molecule has 2 rings (SSSR count). The molecule has 15 heavy (non-hydrogen) atoms. The number of aryl methyl sites for hydroxylation is 1. The summed E-state index contributed by atoms with van der Waals surface area (Å²) in [6.45, 7) is 3.38. The van der Waals surface area contributed by atoms with E-state index in [1.807, 2.05) is 19.1 Å². The van der Waals surface area contributed by atoms with Gasteiger partial charge in [-0.1, -0.05) is 0 Å². The summed E-state index contributed by atoms with van der Waals surface area (Å²) in [7, 11) is 1.60. The highest BCUT2D eigenvalue weighted by Crippen LogP contribution is 2.19. The Kier molecular flexibility index (Phi) is 2.19. The van der Waals surface area contributed by atoms with E-state index in [4.69, 9.17) is 4.74 Å². The van der Waals surface area contributed by atoms with Crippen molar-refractivity contribution in [1.82, 2.24) is 9.61 Å². The molecule has 78 valence electrons. The van der Waals surface area contributed by atoms with Gasteiger partial charge < -0.3 is 4.74 Å². The molecule has 0 saturated heterocycles. The van der Waals surface area contributed by atoms with Crippen molar-refractivity contribution in [1.29, 1.82) is 0 Å². The van der Waals surface area contributed by atoms with Crippen molar-refractivity contribution < 1.29 is 9.53 Å². The number of rotatable bonds is 2. The molecule has 0 saturated carbocycles. The molecule has 0 radical (unpaired) electrons. The molecule has 2 aromatic rings. The molecule has 0 atom stereocenters. The monoisotopic (exact) mass is 204 g/mol. The first-order valence-electron chi connectivity index (χ1n) is 4.67. The Morgan fingerprint density at radius 2 is 2.20 bits per heavy atom. The number of ketones is 1. The Bertz CT molecular complexity index is 529. The van der Waals surface area contributed by atoms with Crippen LogP contribution in [-0.2, 0) is 0 Å². The standard InChI is InChI=1S/C11H12N2O2/c1-7-11(8(2)14)10-5-4-9(15-3)6-13(10)12-7/h4-6H,1-3H3. The van der Waals surface area contributed by atoms with Crippen LogP contribution >= 0.6 is 0 Å². The summed E-state index contributed by atoms with van der Waals surface area (Å²) in [6.07, 6.45) is 1.76. The lowest BCUT2D eigenvalue weighted by Crippen LogP contribution is -1.94. The van der Waals surface area contributed by atoms with E-state index < -0.39 is 0 Å². The van der Waals surface area contributed by atoms with Gasteiger partial charge in [0.1, 0.15) is 5.75 Å². The Balaban J connectivity index is 2.74.